The average Bonchev–Trinajstić information content (AvgIpc) is 0.679. The molecular formula is C90H120N6O42. The number of aliphatic hydroxyl groups excluding tert-OH is 24. The lowest BCUT2D eigenvalue weighted by Crippen LogP contribution is -2.90. The quantitative estimate of drug-likeness (QED) is 0.0125. The molecule has 0 spiro atoms. The molecule has 48 nitrogen and oxygen atoms in total. The van der Waals surface area contributed by atoms with Crippen molar-refractivity contribution >= 4 is 35.4 Å². The summed E-state index contributed by atoms with van der Waals surface area (Å²) in [4.78, 5) is 114. The summed E-state index contributed by atoms with van der Waals surface area (Å²) in [6.07, 6.45) is -68.6. The van der Waals surface area contributed by atoms with Crippen LogP contribution in [0.25, 0.3) is 11.1 Å². The van der Waals surface area contributed by atoms with E-state index in [-0.39, 0.29) is 59.1 Å². The van der Waals surface area contributed by atoms with Crippen molar-refractivity contribution in [3.8, 4) is 11.1 Å². The largest absolute Gasteiger partial charge is 0.394 e. The first-order valence-corrected chi connectivity index (χ1v) is 43.9. The SMILES string of the molecule is CC[C@@H](O)[C@H](O)[C@H](O)C(=O)NO[C@@]1(Cc2ccccc2)O[C@H](CO)[C@@H](O)[C@H](O)[C@@]1(O)N(C(=O)c1ccc(-c2ccc(C(=O)N([C@]3(O)[C@@H](O)[C@H](O)[C@@H](CO)O[C@]3(Cc3ccccc3)ONC(=O)[C@@H](O)[C@@H](O)[C@H](O)CC)[C@]3(O)[C@@H](O)[C@H](O)[C@@H](CO)O[C@]3(Cc3ccccc3)ONC(=O)[C@@H](O)[C@@H](O)[C@H](O)CC)cc2)cc1)[C@]1(O)[C@@H](O)[C@H](O)[C@@H](CO)O[C@]1(Cc1ccccc1)ONC(=O)[C@@H](O)[C@@H](O)[C@H](O)CC. The molecule has 6 aromatic rings. The van der Waals surface area contributed by atoms with Gasteiger partial charge in [-0.25, -0.2) is 41.3 Å². The number of carbonyl (C=O) groups excluding carboxylic acids is 6. The number of hydrogen-bond acceptors (Lipinski definition) is 42. The number of hydroxylamine groups is 4. The van der Waals surface area contributed by atoms with Gasteiger partial charge in [-0.05, 0) is 83.3 Å². The first-order chi connectivity index (χ1) is 65.3. The molecule has 6 amide bonds. The van der Waals surface area contributed by atoms with E-state index in [2.05, 4.69) is 0 Å². The molecule has 0 unspecified atom stereocenters. The molecule has 4 fully saturated rings. The molecule has 0 bridgehead atoms. The monoisotopic (exact) mass is 1960 g/mol. The molecule has 48 heteroatoms. The summed E-state index contributed by atoms with van der Waals surface area (Å²) in [7, 11) is 0. The predicted molar refractivity (Wildman–Crippen MR) is 462 cm³/mol. The maximum Gasteiger partial charge on any atom is 0.275 e. The van der Waals surface area contributed by atoms with Crippen LogP contribution in [0, 0.1) is 0 Å². The number of benzene rings is 6. The number of nitrogens with zero attached hydrogens (tertiary/aromatic N) is 2. The van der Waals surface area contributed by atoms with Crippen molar-refractivity contribution in [3.05, 3.63) is 203 Å². The first kappa shape index (κ1) is 111. The van der Waals surface area contributed by atoms with Gasteiger partial charge in [0, 0.05) is 36.8 Å². The molecule has 0 aliphatic carbocycles. The van der Waals surface area contributed by atoms with Crippen molar-refractivity contribution in [2.75, 3.05) is 26.4 Å². The number of amides is 6. The van der Waals surface area contributed by atoms with Gasteiger partial charge in [0.1, 0.15) is 97.7 Å². The van der Waals surface area contributed by atoms with Gasteiger partial charge in [-0.3, -0.25) is 38.6 Å². The van der Waals surface area contributed by atoms with Crippen LogP contribution in [0.3, 0.4) is 0 Å². The molecule has 0 aromatic heterocycles. The molecule has 4 heterocycles. The summed E-state index contributed by atoms with van der Waals surface area (Å²) in [5.74, 6) is -26.8. The first-order valence-electron chi connectivity index (χ1n) is 43.9. The molecule has 32 atom stereocenters. The van der Waals surface area contributed by atoms with E-state index in [0.717, 1.165) is 48.5 Å². The molecule has 0 radical (unpaired) electrons. The molecule has 138 heavy (non-hydrogen) atoms. The van der Waals surface area contributed by atoms with E-state index in [1.807, 2.05) is 0 Å². The fourth-order valence-electron chi connectivity index (χ4n) is 17.0. The van der Waals surface area contributed by atoms with E-state index in [0.29, 0.717) is 0 Å². The summed E-state index contributed by atoms with van der Waals surface area (Å²) >= 11 is 0. The second-order valence-electron chi connectivity index (χ2n) is 34.0. The highest BCUT2D eigenvalue weighted by Gasteiger charge is 2.82. The number of ether oxygens (including phenoxy) is 4. The van der Waals surface area contributed by atoms with Crippen molar-refractivity contribution in [1.82, 2.24) is 31.7 Å². The van der Waals surface area contributed by atoms with Crippen LogP contribution >= 0.6 is 0 Å². The van der Waals surface area contributed by atoms with Gasteiger partial charge < -0.3 is 162 Å². The maximum atomic E-state index is 17.1. The lowest BCUT2D eigenvalue weighted by molar-refractivity contribution is -0.494. The van der Waals surface area contributed by atoms with Gasteiger partial charge in [-0.2, -0.15) is 0 Å². The third-order valence-electron chi connectivity index (χ3n) is 25.2. The molecule has 0 saturated carbocycles. The zero-order valence-electron chi connectivity index (χ0n) is 74.6. The molecule has 762 valence electrons. The van der Waals surface area contributed by atoms with Crippen LogP contribution in [-0.2, 0) is 83.2 Å². The highest BCUT2D eigenvalue weighted by molar-refractivity contribution is 5.97. The Morgan fingerprint density at radius 1 is 0.304 bits per heavy atom. The Hall–Kier alpha value is -9.30. The van der Waals surface area contributed by atoms with Crippen LogP contribution in [0.1, 0.15) is 96.3 Å². The third kappa shape index (κ3) is 21.3. The maximum absolute atomic E-state index is 17.1. The van der Waals surface area contributed by atoms with E-state index in [1.165, 1.54) is 149 Å². The predicted octanol–water partition coefficient (Wildman–Crippen LogP) is -10.6. The smallest absolute Gasteiger partial charge is 0.275 e. The standard InChI is InChI=1S/C90H120N6O42/c1-5-53(101)61(105)69(113)77(121)91-135-83(37-45-21-13-9-14-22-45)87(127,73(117)65(109)57(41-97)131-83)95(88(128)74(118)66(110)58(42-98)132-84(88,38-46-23-15-10-16-24-46)136-92-78(122)70(114)62(106)54(102)6-2)81(125)51-33-29-49(30-34-51)50-31-35-52(36-32-50)82(126)96(89(129)75(119)67(111)59(43-99)133-85(89,39-47-25-17-11-18-26-47)137-93-79(123)71(115)63(107)55(103)7-3)90(130)76(120)68(112)60(44-100)134-86(90,40-48-27-19-12-20-28-48)138-94-80(124)72(116)64(108)56(104)8-4/h9-36,53-76,97-120,127-130H,5-8,37-44H2,1-4H3,(H,91,121)(H,92,122)(H,93,123)(H,94,124)/t53-,54-,55-,56-,57-,58-,59-,60-,61+,62+,63+,64+,65-,66-,67-,68-,69+,70+,71+,72+,73+,74+,75+,76+,83-,84-,85-,86-,87+,88+,89+,90+/m1/s1. The van der Waals surface area contributed by atoms with Crippen molar-refractivity contribution < 1.29 is 210 Å². The van der Waals surface area contributed by atoms with Gasteiger partial charge in [0.2, 0.25) is 46.0 Å². The molecule has 4 saturated heterocycles. The van der Waals surface area contributed by atoms with Gasteiger partial charge in [-0.1, -0.05) is 173 Å². The second-order valence-corrected chi connectivity index (χ2v) is 34.0. The lowest BCUT2D eigenvalue weighted by atomic mass is 9.75. The minimum absolute atomic E-state index is 0.164. The highest BCUT2D eigenvalue weighted by atomic mass is 16.8. The van der Waals surface area contributed by atoms with Gasteiger partial charge in [0.05, 0.1) is 50.8 Å². The number of aliphatic hydroxyl groups is 28. The second kappa shape index (κ2) is 46.2. The Morgan fingerprint density at radius 3 is 0.652 bits per heavy atom. The lowest BCUT2D eigenvalue weighted by Gasteiger charge is -2.65. The fourth-order valence-corrected chi connectivity index (χ4v) is 17.0. The zero-order valence-corrected chi connectivity index (χ0v) is 74.6. The minimum Gasteiger partial charge on any atom is -0.394 e. The molecule has 4 aliphatic heterocycles. The Balaban J connectivity index is 1.24. The topological polar surface area (TPSA) is 797 Å². The third-order valence-corrected chi connectivity index (χ3v) is 25.2. The van der Waals surface area contributed by atoms with Crippen molar-refractivity contribution in [2.45, 2.75) is 272 Å². The summed E-state index contributed by atoms with van der Waals surface area (Å²) < 4.78 is 25.1. The zero-order chi connectivity index (χ0) is 102. The number of rotatable bonds is 43. The van der Waals surface area contributed by atoms with Gasteiger partial charge in [0.15, 0.2) is 24.4 Å². The van der Waals surface area contributed by atoms with E-state index >= 15 is 9.59 Å². The van der Waals surface area contributed by atoms with Crippen LogP contribution in [0.5, 0.6) is 0 Å². The fraction of sp³-hybridized carbons (Fsp3) is 0.533. The van der Waals surface area contributed by atoms with Gasteiger partial charge in [-0.15, -0.1) is 0 Å². The van der Waals surface area contributed by atoms with E-state index < -0.39 is 301 Å². The van der Waals surface area contributed by atoms with Crippen LogP contribution in [0.15, 0.2) is 170 Å². The van der Waals surface area contributed by atoms with Crippen LogP contribution in [0.4, 0.5) is 0 Å². The summed E-state index contributed by atoms with van der Waals surface area (Å²) in [5, 5.41) is 336. The Labute approximate surface area is 786 Å². The van der Waals surface area contributed by atoms with Gasteiger partial charge >= 0.3 is 0 Å². The van der Waals surface area contributed by atoms with Crippen LogP contribution in [0.2, 0.25) is 0 Å². The Morgan fingerprint density at radius 2 is 0.486 bits per heavy atom. The normalized spacial score (nSPS) is 32.0. The number of nitrogens with one attached hydrogen (secondary N) is 4. The van der Waals surface area contributed by atoms with Gasteiger partial charge in [0.25, 0.3) is 35.4 Å². The van der Waals surface area contributed by atoms with E-state index in [9.17, 15) is 162 Å². The van der Waals surface area contributed by atoms with E-state index in [1.54, 1.807) is 21.9 Å². The summed E-state index contributed by atoms with van der Waals surface area (Å²) in [6.45, 7) is -0.441. The highest BCUT2D eigenvalue weighted by Crippen LogP contribution is 2.56. The van der Waals surface area contributed by atoms with Crippen LogP contribution in [-0.4, -0.2) is 407 Å². The molecule has 10 rings (SSSR count). The summed E-state index contributed by atoms with van der Waals surface area (Å²) in [6, 6.07) is 33.5. The van der Waals surface area contributed by atoms with E-state index in [4.69, 9.17) is 38.3 Å². The van der Waals surface area contributed by atoms with Crippen molar-refractivity contribution in [1.29, 1.82) is 0 Å². The van der Waals surface area contributed by atoms with Crippen molar-refractivity contribution in [2.24, 2.45) is 0 Å². The molecule has 32 N–H and O–H groups in total. The Kier molecular flexibility index (Phi) is 37.0. The molecule has 6 aromatic carbocycles. The molecule has 4 aliphatic rings. The Bertz CT molecular complexity index is 4420. The molecular weight excluding hydrogens is 1840 g/mol. The number of hydrogen-bond donors (Lipinski definition) is 32. The van der Waals surface area contributed by atoms with Crippen molar-refractivity contribution in [3.63, 3.8) is 0 Å². The average molecular weight is 1960 g/mol. The van der Waals surface area contributed by atoms with Crippen LogP contribution < -0.4 is 21.9 Å². The summed E-state index contributed by atoms with van der Waals surface area (Å²) in [5.41, 5.74) is -14.1. The minimum atomic E-state index is -4.50. The number of carbonyl (C=O) groups is 6.